The fourth-order valence-corrected chi connectivity index (χ4v) is 5.72. The molecule has 0 spiro atoms. The second kappa shape index (κ2) is 13.7. The number of aromatic nitrogens is 4. The van der Waals surface area contributed by atoms with E-state index in [1.54, 1.807) is 0 Å². The van der Waals surface area contributed by atoms with Gasteiger partial charge < -0.3 is 29.4 Å². The van der Waals surface area contributed by atoms with Crippen LogP contribution in [0.5, 0.6) is 11.5 Å². The summed E-state index contributed by atoms with van der Waals surface area (Å²) >= 11 is 0. The first kappa shape index (κ1) is 27.3. The van der Waals surface area contributed by atoms with Crippen molar-refractivity contribution in [1.82, 2.24) is 19.9 Å². The van der Waals surface area contributed by atoms with Gasteiger partial charge in [0.2, 0.25) is 0 Å². The second-order valence-corrected chi connectivity index (χ2v) is 10.6. The van der Waals surface area contributed by atoms with Crippen LogP contribution in [-0.4, -0.2) is 33.1 Å². The lowest BCUT2D eigenvalue weighted by molar-refractivity contribution is 0.284. The van der Waals surface area contributed by atoms with Gasteiger partial charge in [0, 0.05) is 58.7 Å². The summed E-state index contributed by atoms with van der Waals surface area (Å²) in [5.74, 6) is 2.01. The summed E-state index contributed by atoms with van der Waals surface area (Å²) in [4.78, 5) is 13.6. The van der Waals surface area contributed by atoms with Crippen LogP contribution >= 0.6 is 0 Å². The monoisotopic (exact) mass is 558 g/mol. The van der Waals surface area contributed by atoms with Crippen molar-refractivity contribution in [1.29, 1.82) is 0 Å². The van der Waals surface area contributed by atoms with Crippen molar-refractivity contribution in [3.05, 3.63) is 156 Å². The maximum atomic E-state index is 6.34. The molecule has 4 heterocycles. The van der Waals surface area contributed by atoms with Crippen molar-refractivity contribution in [2.75, 3.05) is 13.2 Å². The summed E-state index contributed by atoms with van der Waals surface area (Å²) < 4.78 is 12.7. The topological polar surface area (TPSA) is 81.6 Å². The fraction of sp³-hybridized carbons (Fsp3) is 0.222. The van der Waals surface area contributed by atoms with Crippen LogP contribution in [0.25, 0.3) is 0 Å². The molecule has 6 rings (SSSR count). The number of H-pyrrole nitrogens is 4. The molecule has 6 aromatic rings. The average molecular weight is 559 g/mol. The fourth-order valence-electron chi connectivity index (χ4n) is 5.72. The summed E-state index contributed by atoms with van der Waals surface area (Å²) in [6.45, 7) is 1.38. The van der Waals surface area contributed by atoms with Gasteiger partial charge >= 0.3 is 0 Å². The molecule has 4 N–H and O–H groups in total. The lowest BCUT2D eigenvalue weighted by atomic mass is 9.92. The third-order valence-corrected chi connectivity index (χ3v) is 7.75. The SMILES string of the molecule is c1c[nH]c(C(c2ccc[nH]2)c2ccccc2OCCCCCCOc2ccccc2C(c2ccc[nH]2)c2ccc[nH]2)c1. The number of hydrogen-bond donors (Lipinski definition) is 4. The van der Waals surface area contributed by atoms with E-state index >= 15 is 0 Å². The molecule has 2 aromatic carbocycles. The van der Waals surface area contributed by atoms with Crippen molar-refractivity contribution in [2.24, 2.45) is 0 Å². The standard InChI is InChI=1S/C36H38N4O2/c1(7-25-41-33-19-5-3-13-27(33)35(29-15-9-21-37-29)30-16-10-22-38-30)2-8-26-42-34-20-6-4-14-28(34)36(31-17-11-23-39-31)32-18-12-24-40-32/h3-6,9-24,35-40H,1-2,7-8,25-26H2. The van der Waals surface area contributed by atoms with Crippen LogP contribution in [0.1, 0.15) is 71.4 Å². The molecule has 0 saturated carbocycles. The lowest BCUT2D eigenvalue weighted by Crippen LogP contribution is -2.08. The zero-order valence-corrected chi connectivity index (χ0v) is 23.8. The minimum atomic E-state index is 0.0693. The van der Waals surface area contributed by atoms with E-state index in [-0.39, 0.29) is 11.8 Å². The van der Waals surface area contributed by atoms with E-state index in [1.807, 2.05) is 61.2 Å². The Bertz CT molecular complexity index is 1400. The van der Waals surface area contributed by atoms with Crippen LogP contribution in [-0.2, 0) is 0 Å². The van der Waals surface area contributed by atoms with E-state index in [9.17, 15) is 0 Å². The van der Waals surface area contributed by atoms with Crippen LogP contribution in [0, 0.1) is 0 Å². The largest absolute Gasteiger partial charge is 0.493 e. The Kier molecular flexibility index (Phi) is 8.90. The van der Waals surface area contributed by atoms with Crippen molar-refractivity contribution in [2.45, 2.75) is 37.5 Å². The molecule has 0 aliphatic carbocycles. The first-order chi connectivity index (χ1) is 20.9. The Morgan fingerprint density at radius 3 is 1.10 bits per heavy atom. The molecule has 0 saturated heterocycles. The van der Waals surface area contributed by atoms with E-state index in [0.29, 0.717) is 13.2 Å². The first-order valence-corrected chi connectivity index (χ1v) is 14.8. The third-order valence-electron chi connectivity index (χ3n) is 7.75. The third kappa shape index (κ3) is 6.39. The summed E-state index contributed by atoms with van der Waals surface area (Å²) in [7, 11) is 0. The Morgan fingerprint density at radius 1 is 0.405 bits per heavy atom. The summed E-state index contributed by atoms with van der Waals surface area (Å²) in [5.41, 5.74) is 6.88. The average Bonchev–Trinajstić information content (AvgIpc) is 3.86. The molecular weight excluding hydrogens is 520 g/mol. The van der Waals surface area contributed by atoms with Gasteiger partial charge in [-0.3, -0.25) is 0 Å². The highest BCUT2D eigenvalue weighted by Gasteiger charge is 2.23. The molecule has 0 amide bonds. The maximum Gasteiger partial charge on any atom is 0.123 e. The van der Waals surface area contributed by atoms with Gasteiger partial charge in [-0.1, -0.05) is 36.4 Å². The van der Waals surface area contributed by atoms with E-state index in [2.05, 4.69) is 80.6 Å². The number of aromatic amines is 4. The number of rotatable bonds is 15. The molecule has 214 valence electrons. The molecule has 4 aromatic heterocycles. The van der Waals surface area contributed by atoms with Gasteiger partial charge in [0.15, 0.2) is 0 Å². The normalized spacial score (nSPS) is 11.4. The van der Waals surface area contributed by atoms with E-state index in [4.69, 9.17) is 9.47 Å². The molecule has 0 atom stereocenters. The number of ether oxygens (including phenoxy) is 2. The van der Waals surface area contributed by atoms with Gasteiger partial charge in [-0.05, 0) is 86.3 Å². The van der Waals surface area contributed by atoms with Gasteiger partial charge in [0.1, 0.15) is 11.5 Å². The van der Waals surface area contributed by atoms with Crippen LogP contribution < -0.4 is 9.47 Å². The minimum absolute atomic E-state index is 0.0693. The van der Waals surface area contributed by atoms with Gasteiger partial charge in [0.05, 0.1) is 25.0 Å². The lowest BCUT2D eigenvalue weighted by Gasteiger charge is -2.20. The Hall–Kier alpha value is -4.84. The van der Waals surface area contributed by atoms with Gasteiger partial charge in [-0.2, -0.15) is 0 Å². The van der Waals surface area contributed by atoms with E-state index in [1.165, 1.54) is 0 Å². The number of benzene rings is 2. The zero-order chi connectivity index (χ0) is 28.4. The summed E-state index contributed by atoms with van der Waals surface area (Å²) in [5, 5.41) is 0. The molecule has 6 nitrogen and oxygen atoms in total. The Balaban J connectivity index is 0.999. The Morgan fingerprint density at radius 2 is 0.762 bits per heavy atom. The number of unbranched alkanes of at least 4 members (excludes halogenated alkanes) is 3. The molecule has 0 aliphatic heterocycles. The second-order valence-electron chi connectivity index (χ2n) is 10.6. The number of hydrogen-bond acceptors (Lipinski definition) is 2. The van der Waals surface area contributed by atoms with Crippen molar-refractivity contribution in [3.8, 4) is 11.5 Å². The summed E-state index contributed by atoms with van der Waals surface area (Å²) in [6, 6.07) is 33.4. The highest BCUT2D eigenvalue weighted by Crippen LogP contribution is 2.37. The Labute approximate surface area is 247 Å². The first-order valence-electron chi connectivity index (χ1n) is 14.8. The van der Waals surface area contributed by atoms with Gasteiger partial charge in [0.25, 0.3) is 0 Å². The molecule has 0 fully saturated rings. The maximum absolute atomic E-state index is 6.34. The minimum Gasteiger partial charge on any atom is -0.493 e. The highest BCUT2D eigenvalue weighted by molar-refractivity contribution is 5.47. The van der Waals surface area contributed by atoms with Crippen LogP contribution in [0.4, 0.5) is 0 Å². The predicted octanol–water partition coefficient (Wildman–Crippen LogP) is 8.38. The molecule has 42 heavy (non-hydrogen) atoms. The smallest absolute Gasteiger partial charge is 0.123 e. The van der Waals surface area contributed by atoms with Crippen molar-refractivity contribution >= 4 is 0 Å². The quantitative estimate of drug-likeness (QED) is 0.0955. The molecule has 0 bridgehead atoms. The molecule has 0 radical (unpaired) electrons. The highest BCUT2D eigenvalue weighted by atomic mass is 16.5. The van der Waals surface area contributed by atoms with Crippen LogP contribution in [0.3, 0.4) is 0 Å². The van der Waals surface area contributed by atoms with Crippen LogP contribution in [0.2, 0.25) is 0 Å². The van der Waals surface area contributed by atoms with Gasteiger partial charge in [-0.15, -0.1) is 0 Å². The van der Waals surface area contributed by atoms with Crippen molar-refractivity contribution in [3.63, 3.8) is 0 Å². The molecule has 0 aliphatic rings. The van der Waals surface area contributed by atoms with Crippen LogP contribution in [0.15, 0.2) is 122 Å². The summed E-state index contributed by atoms with van der Waals surface area (Å²) in [6.07, 6.45) is 12.1. The van der Waals surface area contributed by atoms with Gasteiger partial charge in [-0.25, -0.2) is 0 Å². The molecular formula is C36H38N4O2. The number of para-hydroxylation sites is 2. The molecule has 0 unspecified atom stereocenters. The zero-order valence-electron chi connectivity index (χ0n) is 23.8. The van der Waals surface area contributed by atoms with E-state index in [0.717, 1.165) is 71.1 Å². The predicted molar refractivity (Wildman–Crippen MR) is 167 cm³/mol. The van der Waals surface area contributed by atoms with Crippen molar-refractivity contribution < 1.29 is 9.47 Å². The van der Waals surface area contributed by atoms with E-state index < -0.39 is 0 Å². The molecule has 6 heteroatoms. The number of nitrogens with one attached hydrogen (secondary N) is 4.